The van der Waals surface area contributed by atoms with Gasteiger partial charge in [0.15, 0.2) is 0 Å². The molecule has 0 saturated heterocycles. The van der Waals surface area contributed by atoms with Gasteiger partial charge in [0.25, 0.3) is 0 Å². The largest absolute Gasteiger partial charge is 0.494 e. The minimum absolute atomic E-state index is 0.118. The number of hydrogen-bond acceptors (Lipinski definition) is 5. The van der Waals surface area contributed by atoms with Crippen LogP contribution in [-0.2, 0) is 9.53 Å². The summed E-state index contributed by atoms with van der Waals surface area (Å²) < 4.78 is 78.0. The Morgan fingerprint density at radius 1 is 0.943 bits per heavy atom. The van der Waals surface area contributed by atoms with E-state index in [4.69, 9.17) is 14.2 Å². The molecule has 2 rings (SSSR count). The maximum Gasteiger partial charge on any atom is 0.422 e. The van der Waals surface area contributed by atoms with Crippen molar-refractivity contribution in [2.45, 2.75) is 44.7 Å². The summed E-state index contributed by atoms with van der Waals surface area (Å²) in [5.41, 5.74) is 0.925. The number of carbonyl (C=O) groups excluding carboxylic acids is 2. The van der Waals surface area contributed by atoms with Crippen LogP contribution < -0.4 is 9.47 Å². The summed E-state index contributed by atoms with van der Waals surface area (Å²) in [4.78, 5) is 23.8. The average Bonchev–Trinajstić information content (AvgIpc) is 2.84. The Kier molecular flexibility index (Phi) is 10.7. The van der Waals surface area contributed by atoms with Crippen molar-refractivity contribution in [3.8, 4) is 11.5 Å². The molecule has 0 amide bonds. The van der Waals surface area contributed by atoms with Gasteiger partial charge in [0, 0.05) is 6.08 Å². The van der Waals surface area contributed by atoms with Crippen LogP contribution in [0.15, 0.2) is 54.6 Å². The monoisotopic (exact) mass is 500 g/mol. The number of carbonyl (C=O) groups is 2. The van der Waals surface area contributed by atoms with Crippen LogP contribution in [0.4, 0.5) is 22.0 Å². The van der Waals surface area contributed by atoms with Crippen molar-refractivity contribution in [2.75, 3.05) is 13.2 Å². The van der Waals surface area contributed by atoms with Crippen molar-refractivity contribution in [3.05, 3.63) is 65.7 Å². The highest BCUT2D eigenvalue weighted by Crippen LogP contribution is 2.28. The van der Waals surface area contributed by atoms with Crippen molar-refractivity contribution in [3.63, 3.8) is 0 Å². The Hall–Kier alpha value is -3.43. The van der Waals surface area contributed by atoms with E-state index in [1.165, 1.54) is 30.3 Å². The first-order chi connectivity index (χ1) is 16.6. The second-order valence-corrected chi connectivity index (χ2v) is 7.43. The van der Waals surface area contributed by atoms with Gasteiger partial charge in [0.2, 0.25) is 6.17 Å². The third-order valence-electron chi connectivity index (χ3n) is 4.56. The highest BCUT2D eigenvalue weighted by Gasteiger charge is 2.45. The van der Waals surface area contributed by atoms with Gasteiger partial charge < -0.3 is 14.2 Å². The molecule has 0 aliphatic rings. The molecule has 0 bridgehead atoms. The fraction of sp³-hybridized carbons (Fsp3) is 0.360. The smallest absolute Gasteiger partial charge is 0.422 e. The molecule has 0 spiro atoms. The minimum atomic E-state index is -5.23. The van der Waals surface area contributed by atoms with E-state index in [9.17, 15) is 31.5 Å². The van der Waals surface area contributed by atoms with Gasteiger partial charge in [-0.2, -0.15) is 13.2 Å². The third-order valence-corrected chi connectivity index (χ3v) is 4.56. The third kappa shape index (κ3) is 9.76. The van der Waals surface area contributed by atoms with Crippen LogP contribution in [0, 0.1) is 0 Å². The van der Waals surface area contributed by atoms with E-state index in [0.717, 1.165) is 6.42 Å². The van der Waals surface area contributed by atoms with E-state index in [2.05, 4.69) is 0 Å². The second-order valence-electron chi connectivity index (χ2n) is 7.43. The van der Waals surface area contributed by atoms with E-state index in [1.54, 1.807) is 30.3 Å². The molecule has 0 aliphatic heterocycles. The molecular weight excluding hydrogens is 475 g/mol. The molecule has 0 aliphatic carbocycles. The molecule has 2 atom stereocenters. The van der Waals surface area contributed by atoms with Crippen LogP contribution in [-0.4, -0.2) is 43.7 Å². The van der Waals surface area contributed by atoms with Crippen LogP contribution in [0.1, 0.15) is 42.1 Å². The van der Waals surface area contributed by atoms with Gasteiger partial charge in [-0.3, -0.25) is 0 Å². The number of esters is 2. The van der Waals surface area contributed by atoms with Crippen molar-refractivity contribution in [1.82, 2.24) is 0 Å². The molecule has 0 radical (unpaired) electrons. The Bertz CT molecular complexity index is 971. The molecule has 0 heterocycles. The summed E-state index contributed by atoms with van der Waals surface area (Å²) in [6, 6.07) is 12.2. The van der Waals surface area contributed by atoms with Crippen molar-refractivity contribution >= 4 is 18.0 Å². The Morgan fingerprint density at radius 2 is 1.57 bits per heavy atom. The van der Waals surface area contributed by atoms with E-state index >= 15 is 0 Å². The zero-order valence-corrected chi connectivity index (χ0v) is 18.9. The topological polar surface area (TPSA) is 61.8 Å². The number of ether oxygens (including phenoxy) is 3. The lowest BCUT2D eigenvalue weighted by molar-refractivity contribution is -0.197. The maximum atomic E-state index is 13.2. The first-order valence-corrected chi connectivity index (χ1v) is 10.8. The van der Waals surface area contributed by atoms with Gasteiger partial charge >= 0.3 is 18.1 Å². The quantitative estimate of drug-likeness (QED) is 0.113. The van der Waals surface area contributed by atoms with Crippen LogP contribution in [0.2, 0.25) is 0 Å². The van der Waals surface area contributed by atoms with Crippen molar-refractivity contribution in [1.29, 1.82) is 0 Å². The van der Waals surface area contributed by atoms with E-state index in [1.807, 2.05) is 6.92 Å². The molecule has 0 N–H and O–H groups in total. The lowest BCUT2D eigenvalue weighted by atomic mass is 10.1. The number of rotatable bonds is 12. The Labute approximate surface area is 199 Å². The summed E-state index contributed by atoms with van der Waals surface area (Å²) in [6.07, 6.45) is -8.55. The van der Waals surface area contributed by atoms with Gasteiger partial charge in [-0.25, -0.2) is 18.4 Å². The molecule has 2 aromatic rings. The predicted octanol–water partition coefficient (Wildman–Crippen LogP) is 6.27. The van der Waals surface area contributed by atoms with Crippen LogP contribution in [0.3, 0.4) is 0 Å². The fourth-order valence-corrected chi connectivity index (χ4v) is 2.73. The van der Waals surface area contributed by atoms with Gasteiger partial charge in [-0.05, 0) is 67.3 Å². The van der Waals surface area contributed by atoms with Gasteiger partial charge in [-0.1, -0.05) is 19.1 Å². The van der Waals surface area contributed by atoms with Gasteiger partial charge in [0.05, 0.1) is 18.8 Å². The molecule has 0 saturated carbocycles. The van der Waals surface area contributed by atoms with Crippen LogP contribution in [0.25, 0.3) is 6.08 Å². The SMILES string of the molecule is CCCOC(=O)/C=C/c1ccc(OC(=O)c2ccc(OCCCC(F)C(F)C(F)(F)F)cc2)cc1. The van der Waals surface area contributed by atoms with E-state index < -0.39 is 36.9 Å². The average molecular weight is 500 g/mol. The van der Waals surface area contributed by atoms with Gasteiger partial charge in [0.1, 0.15) is 17.7 Å². The normalized spacial score (nSPS) is 13.3. The molecule has 5 nitrogen and oxygen atoms in total. The van der Waals surface area contributed by atoms with Crippen molar-refractivity contribution in [2.24, 2.45) is 0 Å². The first kappa shape index (κ1) is 27.8. The molecule has 2 aromatic carbocycles. The summed E-state index contributed by atoms with van der Waals surface area (Å²) in [6.45, 7) is 2.12. The molecule has 2 unspecified atom stereocenters. The number of hydrogen-bond donors (Lipinski definition) is 0. The maximum absolute atomic E-state index is 13.2. The summed E-state index contributed by atoms with van der Waals surface area (Å²) in [5, 5.41) is 0. The van der Waals surface area contributed by atoms with Crippen LogP contribution >= 0.6 is 0 Å². The standard InChI is InChI=1S/C25H25F5O5/c1-2-15-34-22(31)14-7-17-5-10-20(11-6-17)35-24(32)18-8-12-19(13-9-18)33-16-3-4-21(26)23(27)25(28,29)30/h5-14,21,23H,2-4,15-16H2,1H3/b14-7+. The summed E-state index contributed by atoms with van der Waals surface area (Å²) >= 11 is 0. The van der Waals surface area contributed by atoms with E-state index in [0.29, 0.717) is 17.9 Å². The molecule has 190 valence electrons. The number of benzene rings is 2. The highest BCUT2D eigenvalue weighted by molar-refractivity contribution is 5.91. The highest BCUT2D eigenvalue weighted by atomic mass is 19.4. The minimum Gasteiger partial charge on any atom is -0.494 e. The fourth-order valence-electron chi connectivity index (χ4n) is 2.73. The number of halogens is 5. The Balaban J connectivity index is 1.79. The molecule has 0 aromatic heterocycles. The molecule has 35 heavy (non-hydrogen) atoms. The lowest BCUT2D eigenvalue weighted by Crippen LogP contribution is -2.33. The van der Waals surface area contributed by atoms with E-state index in [-0.39, 0.29) is 24.3 Å². The first-order valence-electron chi connectivity index (χ1n) is 10.8. The Morgan fingerprint density at radius 3 is 2.17 bits per heavy atom. The van der Waals surface area contributed by atoms with Gasteiger partial charge in [-0.15, -0.1) is 0 Å². The molecule has 10 heteroatoms. The van der Waals surface area contributed by atoms with Crippen molar-refractivity contribution < 1.29 is 45.8 Å². The summed E-state index contributed by atoms with van der Waals surface area (Å²) in [5.74, 6) is -0.495. The zero-order valence-electron chi connectivity index (χ0n) is 18.9. The summed E-state index contributed by atoms with van der Waals surface area (Å²) in [7, 11) is 0. The predicted molar refractivity (Wildman–Crippen MR) is 119 cm³/mol. The number of alkyl halides is 5. The zero-order chi connectivity index (χ0) is 25.8. The second kappa shape index (κ2) is 13.5. The van der Waals surface area contributed by atoms with Crippen LogP contribution in [0.5, 0.6) is 11.5 Å². The molecule has 0 fully saturated rings. The molecular formula is C25H25F5O5. The lowest BCUT2D eigenvalue weighted by Gasteiger charge is -2.16.